The van der Waals surface area contributed by atoms with Crippen LogP contribution in [0.25, 0.3) is 0 Å². The minimum Gasteiger partial charge on any atom is -0.356 e. The molecule has 0 unspecified atom stereocenters. The number of rotatable bonds is 6. The number of halogens is 1. The first kappa shape index (κ1) is 17.9. The van der Waals surface area contributed by atoms with Gasteiger partial charge in [0.25, 0.3) is 0 Å². The van der Waals surface area contributed by atoms with Crippen molar-refractivity contribution < 1.29 is 0 Å². The van der Waals surface area contributed by atoms with E-state index in [4.69, 9.17) is 0 Å². The predicted molar refractivity (Wildman–Crippen MR) is 102 cm³/mol. The molecule has 6 heteroatoms. The van der Waals surface area contributed by atoms with E-state index in [2.05, 4.69) is 66.7 Å². The number of nitrogens with one attached hydrogen (secondary N) is 1. The van der Waals surface area contributed by atoms with Gasteiger partial charge in [-0.3, -0.25) is 4.99 Å². The van der Waals surface area contributed by atoms with Crippen LogP contribution in [0.4, 0.5) is 0 Å². The van der Waals surface area contributed by atoms with Crippen molar-refractivity contribution in [2.24, 2.45) is 4.99 Å². The second-order valence-corrected chi connectivity index (χ2v) is 7.20. The molecule has 0 spiro atoms. The average molecular weight is 395 g/mol. The Balaban J connectivity index is 1.79. The molecule has 23 heavy (non-hydrogen) atoms. The van der Waals surface area contributed by atoms with Gasteiger partial charge in [-0.15, -0.1) is 11.3 Å². The number of hydrogen-bond donors (Lipinski definition) is 1. The molecule has 0 aliphatic heterocycles. The lowest BCUT2D eigenvalue weighted by molar-refractivity contribution is 0.475. The van der Waals surface area contributed by atoms with Crippen LogP contribution in [0.2, 0.25) is 0 Å². The van der Waals surface area contributed by atoms with Crippen LogP contribution in [0.15, 0.2) is 39.1 Å². The molecule has 4 nitrogen and oxygen atoms in total. The molecule has 0 saturated heterocycles. The minimum absolute atomic E-state index is 0.812. The van der Waals surface area contributed by atoms with E-state index in [1.165, 1.54) is 10.6 Å². The highest BCUT2D eigenvalue weighted by Crippen LogP contribution is 2.17. The number of hydrogen-bond acceptors (Lipinski definition) is 3. The summed E-state index contributed by atoms with van der Waals surface area (Å²) in [6.45, 7) is 3.75. The van der Waals surface area contributed by atoms with Gasteiger partial charge in [0.2, 0.25) is 0 Å². The fourth-order valence-electron chi connectivity index (χ4n) is 2.30. The van der Waals surface area contributed by atoms with E-state index in [-0.39, 0.29) is 0 Å². The summed E-state index contributed by atoms with van der Waals surface area (Å²) in [4.78, 5) is 11.0. The first-order valence-electron chi connectivity index (χ1n) is 7.66. The van der Waals surface area contributed by atoms with Crippen molar-refractivity contribution in [1.82, 2.24) is 15.2 Å². The van der Waals surface area contributed by atoms with Gasteiger partial charge in [0.05, 0.1) is 5.01 Å². The number of aryl methyl sites for hydroxylation is 2. The van der Waals surface area contributed by atoms with Gasteiger partial charge in [0.15, 0.2) is 5.96 Å². The monoisotopic (exact) mass is 394 g/mol. The number of thiazole rings is 1. The van der Waals surface area contributed by atoms with Crippen LogP contribution in [-0.2, 0) is 13.0 Å². The van der Waals surface area contributed by atoms with Crippen molar-refractivity contribution in [2.45, 2.75) is 26.3 Å². The van der Waals surface area contributed by atoms with Crippen LogP contribution in [0.3, 0.4) is 0 Å². The summed E-state index contributed by atoms with van der Waals surface area (Å²) in [5.74, 6) is 0.913. The third kappa shape index (κ3) is 5.62. The Morgan fingerprint density at radius 1 is 1.39 bits per heavy atom. The molecule has 0 atom stereocenters. The molecule has 0 bridgehead atoms. The van der Waals surface area contributed by atoms with Crippen LogP contribution < -0.4 is 5.32 Å². The second kappa shape index (κ2) is 9.03. The van der Waals surface area contributed by atoms with Crippen molar-refractivity contribution in [3.8, 4) is 0 Å². The SMILES string of the molecule is CN=C(NCCCc1nc(C)cs1)N(C)Cc1ccccc1Br. The lowest BCUT2D eigenvalue weighted by Gasteiger charge is -2.22. The number of aromatic nitrogens is 1. The van der Waals surface area contributed by atoms with Crippen molar-refractivity contribution in [1.29, 1.82) is 0 Å². The molecular weight excluding hydrogens is 372 g/mol. The third-order valence-electron chi connectivity index (χ3n) is 3.46. The first-order chi connectivity index (χ1) is 11.1. The molecule has 0 saturated carbocycles. The molecule has 2 rings (SSSR count). The summed E-state index contributed by atoms with van der Waals surface area (Å²) < 4.78 is 1.13. The number of benzene rings is 1. The van der Waals surface area contributed by atoms with E-state index in [1.54, 1.807) is 11.3 Å². The Kier molecular flexibility index (Phi) is 7.05. The van der Waals surface area contributed by atoms with Gasteiger partial charge in [-0.2, -0.15) is 0 Å². The zero-order valence-corrected chi connectivity index (χ0v) is 16.2. The summed E-state index contributed by atoms with van der Waals surface area (Å²) in [5, 5.41) is 6.74. The van der Waals surface area contributed by atoms with Gasteiger partial charge in [0, 0.05) is 49.2 Å². The predicted octanol–water partition coefficient (Wildman–Crippen LogP) is 3.85. The van der Waals surface area contributed by atoms with E-state index in [9.17, 15) is 0 Å². The third-order valence-corrected chi connectivity index (χ3v) is 5.26. The largest absolute Gasteiger partial charge is 0.356 e. The van der Waals surface area contributed by atoms with Crippen molar-refractivity contribution in [3.05, 3.63) is 50.4 Å². The van der Waals surface area contributed by atoms with Gasteiger partial charge < -0.3 is 10.2 Å². The Morgan fingerprint density at radius 3 is 2.83 bits per heavy atom. The Hall–Kier alpha value is -1.40. The Bertz CT molecular complexity index is 654. The van der Waals surface area contributed by atoms with Crippen LogP contribution in [0.5, 0.6) is 0 Å². The maximum Gasteiger partial charge on any atom is 0.193 e. The van der Waals surface area contributed by atoms with Gasteiger partial charge in [0.1, 0.15) is 0 Å². The maximum absolute atomic E-state index is 4.49. The van der Waals surface area contributed by atoms with E-state index in [0.29, 0.717) is 0 Å². The fourth-order valence-corrected chi connectivity index (χ4v) is 3.53. The van der Waals surface area contributed by atoms with Crippen LogP contribution in [-0.4, -0.2) is 36.5 Å². The van der Waals surface area contributed by atoms with Gasteiger partial charge in [-0.05, 0) is 25.0 Å². The van der Waals surface area contributed by atoms with Gasteiger partial charge in [-0.25, -0.2) is 4.98 Å². The molecule has 1 aromatic carbocycles. The van der Waals surface area contributed by atoms with Crippen LogP contribution in [0.1, 0.15) is 22.7 Å². The lowest BCUT2D eigenvalue weighted by Crippen LogP contribution is -2.39. The second-order valence-electron chi connectivity index (χ2n) is 5.41. The molecule has 0 fully saturated rings. The zero-order chi connectivity index (χ0) is 16.7. The van der Waals surface area contributed by atoms with E-state index in [1.807, 2.05) is 20.0 Å². The fraction of sp³-hybridized carbons (Fsp3) is 0.412. The van der Waals surface area contributed by atoms with Crippen LogP contribution in [0, 0.1) is 6.92 Å². The molecule has 124 valence electrons. The maximum atomic E-state index is 4.49. The standard InChI is InChI=1S/C17H23BrN4S/c1-13-12-23-16(21-13)9-6-10-20-17(19-2)22(3)11-14-7-4-5-8-15(14)18/h4-5,7-8,12H,6,9-11H2,1-3H3,(H,19,20). The highest BCUT2D eigenvalue weighted by atomic mass is 79.9. The Labute approximate surface area is 150 Å². The topological polar surface area (TPSA) is 40.5 Å². The normalized spacial score (nSPS) is 11.6. The van der Waals surface area contributed by atoms with E-state index < -0.39 is 0 Å². The first-order valence-corrected chi connectivity index (χ1v) is 9.33. The molecule has 0 amide bonds. The van der Waals surface area contributed by atoms with Gasteiger partial charge >= 0.3 is 0 Å². The number of nitrogens with zero attached hydrogens (tertiary/aromatic N) is 3. The summed E-state index contributed by atoms with van der Waals surface area (Å²) in [7, 11) is 3.88. The summed E-state index contributed by atoms with van der Waals surface area (Å²) in [6.07, 6.45) is 2.06. The van der Waals surface area contributed by atoms with E-state index in [0.717, 1.165) is 42.1 Å². The van der Waals surface area contributed by atoms with Gasteiger partial charge in [-0.1, -0.05) is 34.1 Å². The van der Waals surface area contributed by atoms with Crippen LogP contribution >= 0.6 is 27.3 Å². The lowest BCUT2D eigenvalue weighted by atomic mass is 10.2. The molecular formula is C17H23BrN4S. The molecule has 0 aliphatic carbocycles. The highest BCUT2D eigenvalue weighted by molar-refractivity contribution is 9.10. The average Bonchev–Trinajstić information content (AvgIpc) is 2.95. The quantitative estimate of drug-likeness (QED) is 0.459. The summed E-state index contributed by atoms with van der Waals surface area (Å²) in [5.41, 5.74) is 2.36. The van der Waals surface area contributed by atoms with Crippen molar-refractivity contribution in [2.75, 3.05) is 20.6 Å². The molecule has 0 radical (unpaired) electrons. The highest BCUT2D eigenvalue weighted by Gasteiger charge is 2.08. The number of aliphatic imine (C=N–C) groups is 1. The molecule has 2 aromatic rings. The molecule has 1 aromatic heterocycles. The Morgan fingerprint density at radius 2 is 2.17 bits per heavy atom. The van der Waals surface area contributed by atoms with Crippen molar-refractivity contribution >= 4 is 33.2 Å². The number of guanidine groups is 1. The van der Waals surface area contributed by atoms with E-state index >= 15 is 0 Å². The summed E-state index contributed by atoms with van der Waals surface area (Å²) in [6, 6.07) is 8.27. The van der Waals surface area contributed by atoms with Crippen molar-refractivity contribution in [3.63, 3.8) is 0 Å². The zero-order valence-electron chi connectivity index (χ0n) is 13.8. The minimum atomic E-state index is 0.812. The molecule has 0 aliphatic rings. The smallest absolute Gasteiger partial charge is 0.193 e. The summed E-state index contributed by atoms with van der Waals surface area (Å²) >= 11 is 5.33. The molecule has 1 heterocycles. The molecule has 1 N–H and O–H groups in total.